The van der Waals surface area contributed by atoms with Crippen LogP contribution in [0.4, 0.5) is 0 Å². The first-order valence-electron chi connectivity index (χ1n) is 7.49. The molecule has 0 spiro atoms. The van der Waals surface area contributed by atoms with Gasteiger partial charge in [0.25, 0.3) is 7.37 Å². The molecule has 112 valence electrons. The van der Waals surface area contributed by atoms with Crippen LogP contribution in [0.15, 0.2) is 42.5 Å². The Morgan fingerprint density at radius 1 is 0.952 bits per heavy atom. The predicted molar refractivity (Wildman–Crippen MR) is 89.5 cm³/mol. The van der Waals surface area contributed by atoms with Crippen molar-refractivity contribution >= 4 is 18.1 Å². The van der Waals surface area contributed by atoms with Gasteiger partial charge in [-0.2, -0.15) is 0 Å². The molecule has 1 aliphatic rings. The molecular weight excluding hydrogens is 279 g/mol. The van der Waals surface area contributed by atoms with Crippen LogP contribution in [-0.4, -0.2) is 10.3 Å². The van der Waals surface area contributed by atoms with E-state index in [0.29, 0.717) is 11.7 Å². The molecule has 2 aromatic carbocycles. The van der Waals surface area contributed by atoms with Crippen molar-refractivity contribution in [3.05, 3.63) is 42.5 Å². The third-order valence-corrected chi connectivity index (χ3v) is 9.87. The van der Waals surface area contributed by atoms with Gasteiger partial charge in [-0.3, -0.25) is 4.57 Å². The molecule has 0 unspecified atom stereocenters. The third kappa shape index (κ3) is 1.82. The van der Waals surface area contributed by atoms with Gasteiger partial charge in [0, 0.05) is 0 Å². The highest BCUT2D eigenvalue weighted by molar-refractivity contribution is 7.64. The zero-order valence-corrected chi connectivity index (χ0v) is 14.3. The minimum absolute atomic E-state index is 0.276. The largest absolute Gasteiger partial charge is 0.442 e. The molecule has 0 atom stereocenters. The molecule has 2 nitrogen and oxygen atoms in total. The molecule has 3 rings (SSSR count). The van der Waals surface area contributed by atoms with Crippen molar-refractivity contribution < 1.29 is 9.09 Å². The van der Waals surface area contributed by atoms with Gasteiger partial charge < -0.3 is 4.52 Å². The lowest BCUT2D eigenvalue weighted by Gasteiger charge is -2.60. The van der Waals surface area contributed by atoms with Crippen molar-refractivity contribution in [3.63, 3.8) is 0 Å². The molecule has 2 aromatic rings. The zero-order valence-electron chi connectivity index (χ0n) is 13.4. The van der Waals surface area contributed by atoms with E-state index in [4.69, 9.17) is 4.52 Å². The Morgan fingerprint density at radius 3 is 2.14 bits per heavy atom. The van der Waals surface area contributed by atoms with Gasteiger partial charge in [-0.15, -0.1) is 0 Å². The van der Waals surface area contributed by atoms with Gasteiger partial charge in [0.2, 0.25) is 0 Å². The van der Waals surface area contributed by atoms with Crippen LogP contribution in [-0.2, 0) is 4.57 Å². The fourth-order valence-electron chi connectivity index (χ4n) is 3.66. The highest BCUT2D eigenvalue weighted by atomic mass is 31.2. The van der Waals surface area contributed by atoms with Crippen molar-refractivity contribution in [3.8, 4) is 5.75 Å². The minimum atomic E-state index is -2.75. The van der Waals surface area contributed by atoms with Crippen LogP contribution in [0.25, 0.3) is 10.8 Å². The first kappa shape index (κ1) is 14.7. The summed E-state index contributed by atoms with van der Waals surface area (Å²) in [5, 5.41) is 1.74. The maximum Gasteiger partial charge on any atom is 0.259 e. The molecule has 1 saturated heterocycles. The summed E-state index contributed by atoms with van der Waals surface area (Å²) in [5.74, 6) is 1.08. The number of rotatable bonds is 2. The molecule has 1 aliphatic heterocycles. The zero-order chi connectivity index (χ0) is 15.5. The van der Waals surface area contributed by atoms with Gasteiger partial charge in [-0.25, -0.2) is 0 Å². The summed E-state index contributed by atoms with van der Waals surface area (Å²) in [6, 6.07) is 14.1. The van der Waals surface area contributed by atoms with Crippen LogP contribution in [0.2, 0.25) is 0 Å². The quantitative estimate of drug-likeness (QED) is 0.665. The normalized spacial score (nSPS) is 29.9. The fourth-order valence-corrected chi connectivity index (χ4v) is 7.49. The summed E-state index contributed by atoms with van der Waals surface area (Å²) < 4.78 is 19.6. The summed E-state index contributed by atoms with van der Waals surface area (Å²) in [6.07, 6.45) is 0. The molecule has 0 bridgehead atoms. The molecule has 0 radical (unpaired) electrons. The van der Waals surface area contributed by atoms with E-state index >= 15 is 0 Å². The van der Waals surface area contributed by atoms with E-state index < -0.39 is 7.37 Å². The molecule has 1 fully saturated rings. The van der Waals surface area contributed by atoms with Crippen LogP contribution >= 0.6 is 7.37 Å². The molecule has 0 N–H and O–H groups in total. The first-order chi connectivity index (χ1) is 9.70. The number of benzene rings is 2. The Morgan fingerprint density at radius 2 is 1.52 bits per heavy atom. The van der Waals surface area contributed by atoms with Crippen LogP contribution < -0.4 is 4.52 Å². The van der Waals surface area contributed by atoms with Crippen molar-refractivity contribution in [2.75, 3.05) is 0 Å². The Kier molecular flexibility index (Phi) is 3.05. The van der Waals surface area contributed by atoms with Gasteiger partial charge >= 0.3 is 0 Å². The van der Waals surface area contributed by atoms with E-state index in [-0.39, 0.29) is 10.3 Å². The Balaban J connectivity index is 2.00. The fraction of sp³-hybridized carbons (Fsp3) is 0.444. The summed E-state index contributed by atoms with van der Waals surface area (Å²) >= 11 is 0. The third-order valence-electron chi connectivity index (χ3n) is 5.59. The molecule has 1 heterocycles. The van der Waals surface area contributed by atoms with E-state index in [9.17, 15) is 4.57 Å². The van der Waals surface area contributed by atoms with Crippen molar-refractivity contribution in [2.24, 2.45) is 5.92 Å². The predicted octanol–water partition coefficient (Wildman–Crippen LogP) is 5.70. The Labute approximate surface area is 127 Å². The Hall–Kier alpha value is -1.27. The summed E-state index contributed by atoms with van der Waals surface area (Å²) in [7, 11) is -2.75. The van der Waals surface area contributed by atoms with Gasteiger partial charge in [0.1, 0.15) is 5.75 Å². The highest BCUT2D eigenvalue weighted by Crippen LogP contribution is 2.81. The standard InChI is InChI=1S/C18H23O2P/c1-13-17(2,3)21(19,18(13,4)5)20-16-11-10-14-8-6-7-9-15(14)12-16/h6-13H,1-5H3. The molecule has 0 aromatic heterocycles. The van der Waals surface area contributed by atoms with Gasteiger partial charge in [0.05, 0.1) is 10.3 Å². The molecule has 0 aliphatic carbocycles. The van der Waals surface area contributed by atoms with Gasteiger partial charge in [-0.05, 0) is 56.5 Å². The van der Waals surface area contributed by atoms with E-state index in [0.717, 1.165) is 5.39 Å². The van der Waals surface area contributed by atoms with Crippen molar-refractivity contribution in [1.82, 2.24) is 0 Å². The first-order valence-corrected chi connectivity index (χ1v) is 9.11. The van der Waals surface area contributed by atoms with Crippen LogP contribution in [0.5, 0.6) is 5.75 Å². The molecule has 3 heteroatoms. The number of hydrogen-bond donors (Lipinski definition) is 0. The van der Waals surface area contributed by atoms with Gasteiger partial charge in [-0.1, -0.05) is 37.3 Å². The monoisotopic (exact) mass is 302 g/mol. The molecule has 0 saturated carbocycles. The minimum Gasteiger partial charge on any atom is -0.442 e. The van der Waals surface area contributed by atoms with Crippen LogP contribution in [0.3, 0.4) is 0 Å². The summed E-state index contributed by atoms with van der Waals surface area (Å²) in [6.45, 7) is 10.4. The smallest absolute Gasteiger partial charge is 0.259 e. The average molecular weight is 302 g/mol. The van der Waals surface area contributed by atoms with E-state index in [1.807, 2.05) is 30.3 Å². The topological polar surface area (TPSA) is 26.3 Å². The second-order valence-electron chi connectivity index (χ2n) is 7.18. The average Bonchev–Trinajstić information content (AvgIpc) is 2.45. The van der Waals surface area contributed by atoms with Crippen LogP contribution in [0.1, 0.15) is 34.6 Å². The second kappa shape index (κ2) is 4.36. The SMILES string of the molecule is CC1C(C)(C)P(=O)(Oc2ccc3ccccc3c2)C1(C)C. The summed E-state index contributed by atoms with van der Waals surface area (Å²) in [5.41, 5.74) is 0. The van der Waals surface area contributed by atoms with E-state index in [1.54, 1.807) is 0 Å². The van der Waals surface area contributed by atoms with Crippen molar-refractivity contribution in [2.45, 2.75) is 44.9 Å². The molecular formula is C18H23O2P. The Bertz CT molecular complexity index is 726. The maximum atomic E-state index is 13.5. The lowest BCUT2D eigenvalue weighted by atomic mass is 9.83. The van der Waals surface area contributed by atoms with Crippen LogP contribution in [0, 0.1) is 5.92 Å². The van der Waals surface area contributed by atoms with Gasteiger partial charge in [0.15, 0.2) is 0 Å². The molecule has 0 amide bonds. The molecule has 21 heavy (non-hydrogen) atoms. The lowest BCUT2D eigenvalue weighted by molar-refractivity contribution is 0.228. The second-order valence-corrected chi connectivity index (χ2v) is 10.8. The van der Waals surface area contributed by atoms with Crippen molar-refractivity contribution in [1.29, 1.82) is 0 Å². The summed E-state index contributed by atoms with van der Waals surface area (Å²) in [4.78, 5) is 0. The highest BCUT2D eigenvalue weighted by Gasteiger charge is 2.70. The maximum absolute atomic E-state index is 13.5. The number of fused-ring (bicyclic) bond motifs is 1. The lowest BCUT2D eigenvalue weighted by Crippen LogP contribution is -2.58. The van der Waals surface area contributed by atoms with E-state index in [2.05, 4.69) is 46.8 Å². The van der Waals surface area contributed by atoms with E-state index in [1.165, 1.54) is 5.39 Å². The number of hydrogen-bond acceptors (Lipinski definition) is 2.